The zero-order chi connectivity index (χ0) is 14.9. The van der Waals surface area contributed by atoms with Crippen molar-refractivity contribution in [3.8, 4) is 0 Å². The average molecular weight is 278 g/mol. The lowest BCUT2D eigenvalue weighted by molar-refractivity contribution is -0.101. The molecular formula is C14H22N4O2. The Morgan fingerprint density at radius 2 is 2.30 bits per heavy atom. The normalized spacial score (nSPS) is 21.8. The van der Waals surface area contributed by atoms with Gasteiger partial charge >= 0.3 is 0 Å². The number of hydrogen-bond donors (Lipinski definition) is 3. The maximum atomic E-state index is 9.38. The predicted octanol–water partition coefficient (Wildman–Crippen LogP) is 0.650. The van der Waals surface area contributed by atoms with Crippen LogP contribution in [0.4, 0.5) is 5.82 Å². The number of nitrogens with one attached hydrogen (secondary N) is 1. The Bertz CT molecular complexity index is 516. The first kappa shape index (κ1) is 14.7. The van der Waals surface area contributed by atoms with Crippen LogP contribution in [-0.2, 0) is 4.74 Å². The molecule has 1 unspecified atom stereocenters. The molecule has 2 heterocycles. The number of amidine groups is 1. The quantitative estimate of drug-likeness (QED) is 0.557. The van der Waals surface area contributed by atoms with E-state index in [0.717, 1.165) is 5.69 Å². The number of nitrogen functional groups attached to an aromatic ring is 1. The summed E-state index contributed by atoms with van der Waals surface area (Å²) in [5.74, 6) is 0.685. The van der Waals surface area contributed by atoms with Crippen LogP contribution in [0.1, 0.15) is 25.1 Å². The Labute approximate surface area is 119 Å². The van der Waals surface area contributed by atoms with Crippen molar-refractivity contribution < 1.29 is 9.84 Å². The highest BCUT2D eigenvalue weighted by atomic mass is 16.5. The van der Waals surface area contributed by atoms with Crippen LogP contribution in [0.3, 0.4) is 0 Å². The van der Waals surface area contributed by atoms with E-state index in [1.165, 1.54) is 0 Å². The van der Waals surface area contributed by atoms with Gasteiger partial charge in [0.05, 0.1) is 23.9 Å². The van der Waals surface area contributed by atoms with Crippen LogP contribution in [0.2, 0.25) is 0 Å². The Morgan fingerprint density at radius 1 is 1.60 bits per heavy atom. The van der Waals surface area contributed by atoms with Crippen molar-refractivity contribution in [3.05, 3.63) is 23.4 Å². The zero-order valence-corrected chi connectivity index (χ0v) is 12.2. The van der Waals surface area contributed by atoms with Gasteiger partial charge in [-0.1, -0.05) is 0 Å². The monoisotopic (exact) mass is 278 g/mol. The molecule has 20 heavy (non-hydrogen) atoms. The summed E-state index contributed by atoms with van der Waals surface area (Å²) in [7, 11) is 0. The van der Waals surface area contributed by atoms with Crippen molar-refractivity contribution in [1.29, 1.82) is 5.41 Å². The van der Waals surface area contributed by atoms with Gasteiger partial charge < -0.3 is 20.5 Å². The number of aryl methyl sites for hydroxylation is 1. The summed E-state index contributed by atoms with van der Waals surface area (Å²) in [4.78, 5) is 6.56. The highest BCUT2D eigenvalue weighted by Gasteiger charge is 2.34. The smallest absolute Gasteiger partial charge is 0.140 e. The number of ether oxygens (including phenoxy) is 1. The molecule has 0 amide bonds. The number of hydrogen-bond acceptors (Lipinski definition) is 5. The fourth-order valence-electron chi connectivity index (χ4n) is 2.55. The first-order valence-electron chi connectivity index (χ1n) is 6.68. The first-order valence-corrected chi connectivity index (χ1v) is 6.68. The van der Waals surface area contributed by atoms with E-state index in [4.69, 9.17) is 15.9 Å². The van der Waals surface area contributed by atoms with Crippen molar-refractivity contribution in [2.75, 3.05) is 24.6 Å². The van der Waals surface area contributed by atoms with Crippen molar-refractivity contribution in [3.63, 3.8) is 0 Å². The number of aliphatic hydroxyl groups excluding tert-OH is 1. The molecule has 1 saturated heterocycles. The highest BCUT2D eigenvalue weighted by molar-refractivity contribution is 5.99. The molecule has 1 aromatic heterocycles. The molecule has 1 aliphatic rings. The number of anilines is 1. The summed E-state index contributed by atoms with van der Waals surface area (Å²) in [6.07, 6.45) is -0.263. The predicted molar refractivity (Wildman–Crippen MR) is 78.2 cm³/mol. The van der Waals surface area contributed by atoms with Gasteiger partial charge in [-0.2, -0.15) is 0 Å². The molecule has 6 nitrogen and oxygen atoms in total. The van der Waals surface area contributed by atoms with Crippen molar-refractivity contribution in [2.45, 2.75) is 32.5 Å². The Kier molecular flexibility index (Phi) is 3.96. The molecule has 0 radical (unpaired) electrons. The third-order valence-corrected chi connectivity index (χ3v) is 3.29. The van der Waals surface area contributed by atoms with Gasteiger partial charge in [0.25, 0.3) is 0 Å². The lowest BCUT2D eigenvalue weighted by Crippen LogP contribution is -2.54. The van der Waals surface area contributed by atoms with Crippen LogP contribution in [-0.4, -0.2) is 47.3 Å². The van der Waals surface area contributed by atoms with Gasteiger partial charge in [0, 0.05) is 18.8 Å². The maximum Gasteiger partial charge on any atom is 0.140 e. The number of morpholine rings is 1. The van der Waals surface area contributed by atoms with Crippen LogP contribution >= 0.6 is 0 Å². The van der Waals surface area contributed by atoms with E-state index in [-0.39, 0.29) is 24.1 Å². The molecule has 0 aromatic carbocycles. The summed E-state index contributed by atoms with van der Waals surface area (Å²) in [6.45, 7) is 7.00. The molecule has 6 heteroatoms. The third-order valence-electron chi connectivity index (χ3n) is 3.29. The second kappa shape index (κ2) is 5.38. The summed E-state index contributed by atoms with van der Waals surface area (Å²) in [5, 5.41) is 17.1. The largest absolute Gasteiger partial charge is 0.394 e. The van der Waals surface area contributed by atoms with Gasteiger partial charge in [-0.25, -0.2) is 4.98 Å². The van der Waals surface area contributed by atoms with Gasteiger partial charge in [-0.15, -0.1) is 0 Å². The molecule has 1 fully saturated rings. The second-order valence-corrected chi connectivity index (χ2v) is 5.80. The number of pyridine rings is 1. The van der Waals surface area contributed by atoms with Crippen LogP contribution in [0, 0.1) is 12.3 Å². The minimum atomic E-state index is -0.384. The summed E-state index contributed by atoms with van der Waals surface area (Å²) in [6, 6.07) is 3.66. The zero-order valence-electron chi connectivity index (χ0n) is 12.2. The number of nitrogens with zero attached hydrogens (tertiary/aromatic N) is 2. The van der Waals surface area contributed by atoms with Crippen molar-refractivity contribution in [1.82, 2.24) is 4.98 Å². The van der Waals surface area contributed by atoms with Crippen molar-refractivity contribution >= 4 is 11.7 Å². The van der Waals surface area contributed by atoms with Gasteiger partial charge in [0.2, 0.25) is 0 Å². The van der Waals surface area contributed by atoms with Crippen molar-refractivity contribution in [2.24, 2.45) is 5.73 Å². The van der Waals surface area contributed by atoms with E-state index in [0.29, 0.717) is 24.5 Å². The van der Waals surface area contributed by atoms with E-state index in [9.17, 15) is 5.11 Å². The average Bonchev–Trinajstić information content (AvgIpc) is 2.36. The molecule has 1 atom stereocenters. The van der Waals surface area contributed by atoms with E-state index >= 15 is 0 Å². The fourth-order valence-corrected chi connectivity index (χ4v) is 2.55. The Hall–Kier alpha value is -1.66. The van der Waals surface area contributed by atoms with E-state index in [2.05, 4.69) is 4.98 Å². The highest BCUT2D eigenvalue weighted by Crippen LogP contribution is 2.27. The number of aliphatic hydroxyl groups is 1. The van der Waals surface area contributed by atoms with E-state index < -0.39 is 0 Å². The van der Waals surface area contributed by atoms with Gasteiger partial charge in [-0.05, 0) is 32.9 Å². The molecule has 2 rings (SSSR count). The number of nitrogens with two attached hydrogens (primary N) is 1. The van der Waals surface area contributed by atoms with Crippen LogP contribution in [0.25, 0.3) is 0 Å². The number of rotatable bonds is 3. The van der Waals surface area contributed by atoms with E-state index in [1.54, 1.807) is 0 Å². The van der Waals surface area contributed by atoms with Crippen LogP contribution in [0.5, 0.6) is 0 Å². The molecule has 0 spiro atoms. The molecular weight excluding hydrogens is 256 g/mol. The lowest BCUT2D eigenvalue weighted by Gasteiger charge is -2.43. The van der Waals surface area contributed by atoms with Gasteiger partial charge in [0.15, 0.2) is 0 Å². The molecule has 4 N–H and O–H groups in total. The first-order chi connectivity index (χ1) is 9.32. The maximum absolute atomic E-state index is 9.38. The fraction of sp³-hybridized carbons (Fsp3) is 0.571. The van der Waals surface area contributed by atoms with Gasteiger partial charge in [-0.3, -0.25) is 5.41 Å². The minimum Gasteiger partial charge on any atom is -0.394 e. The SMILES string of the molecule is Cc1ccc(C(=N)N)c(N2CC(CO)OC(C)(C)C2)n1. The molecule has 0 aliphatic carbocycles. The van der Waals surface area contributed by atoms with Gasteiger partial charge in [0.1, 0.15) is 11.7 Å². The lowest BCUT2D eigenvalue weighted by atomic mass is 10.0. The third kappa shape index (κ3) is 3.08. The molecule has 110 valence electrons. The molecule has 0 bridgehead atoms. The minimum absolute atomic E-state index is 0.00246. The molecule has 1 aromatic rings. The summed E-state index contributed by atoms with van der Waals surface area (Å²) >= 11 is 0. The molecule has 0 saturated carbocycles. The van der Waals surface area contributed by atoms with Crippen LogP contribution < -0.4 is 10.6 Å². The summed E-state index contributed by atoms with van der Waals surface area (Å²) in [5.41, 5.74) is 6.74. The molecule has 1 aliphatic heterocycles. The Morgan fingerprint density at radius 3 is 2.90 bits per heavy atom. The summed E-state index contributed by atoms with van der Waals surface area (Å²) < 4.78 is 5.80. The standard InChI is InChI=1S/C14H22N4O2/c1-9-4-5-11(12(15)16)13(17-9)18-6-10(7-19)20-14(2,3)8-18/h4-5,10,19H,6-8H2,1-3H3,(H3,15,16). The van der Waals surface area contributed by atoms with E-state index in [1.807, 2.05) is 37.8 Å². The van der Waals surface area contributed by atoms with Crippen LogP contribution in [0.15, 0.2) is 12.1 Å². The topological polar surface area (TPSA) is 95.5 Å². The Balaban J connectivity index is 2.39. The second-order valence-electron chi connectivity index (χ2n) is 5.80. The number of aromatic nitrogens is 1.